The number of hydrogen-bond donors (Lipinski definition) is 1. The smallest absolute Gasteiger partial charge is 0.231 e. The van der Waals surface area contributed by atoms with Crippen molar-refractivity contribution in [3.05, 3.63) is 40.6 Å². The number of nitrogens with one attached hydrogen (secondary N) is 1. The van der Waals surface area contributed by atoms with Crippen LogP contribution >= 0.6 is 11.3 Å². The average molecular weight is 372 g/mol. The highest BCUT2D eigenvalue weighted by molar-refractivity contribution is 7.10. The van der Waals surface area contributed by atoms with Crippen LogP contribution in [0.25, 0.3) is 0 Å². The number of thiophene rings is 1. The first-order valence-corrected chi connectivity index (χ1v) is 9.58. The van der Waals surface area contributed by atoms with Gasteiger partial charge in [-0.25, -0.2) is 0 Å². The summed E-state index contributed by atoms with van der Waals surface area (Å²) < 4.78 is 10.6. The zero-order valence-electron chi connectivity index (χ0n) is 14.3. The number of amides is 2. The van der Waals surface area contributed by atoms with Crippen LogP contribution < -0.4 is 14.8 Å². The number of likely N-dealkylation sites (tertiary alicyclic amines) is 1. The second-order valence-electron chi connectivity index (χ2n) is 6.47. The standard InChI is InChI=1S/C19H20N2O4S/c22-18(11-15-2-1-9-26-15)21-7-5-13(6-8-21)19(23)20-14-3-4-16-17(10-14)25-12-24-16/h1-4,9-10,13H,5-8,11-12H2,(H,20,23). The Labute approximate surface area is 155 Å². The third kappa shape index (κ3) is 3.67. The van der Waals surface area contributed by atoms with Gasteiger partial charge in [-0.2, -0.15) is 0 Å². The van der Waals surface area contributed by atoms with E-state index in [9.17, 15) is 9.59 Å². The van der Waals surface area contributed by atoms with Gasteiger partial charge in [0, 0.05) is 35.6 Å². The van der Waals surface area contributed by atoms with E-state index in [2.05, 4.69) is 5.32 Å². The van der Waals surface area contributed by atoms with Gasteiger partial charge in [-0.3, -0.25) is 9.59 Å². The van der Waals surface area contributed by atoms with Crippen molar-refractivity contribution in [2.24, 2.45) is 5.92 Å². The molecule has 3 heterocycles. The quantitative estimate of drug-likeness (QED) is 0.896. The maximum absolute atomic E-state index is 12.5. The van der Waals surface area contributed by atoms with Crippen LogP contribution in [0.15, 0.2) is 35.7 Å². The van der Waals surface area contributed by atoms with Crippen LogP contribution in [0.3, 0.4) is 0 Å². The molecule has 2 aliphatic heterocycles. The van der Waals surface area contributed by atoms with Crippen molar-refractivity contribution < 1.29 is 19.1 Å². The van der Waals surface area contributed by atoms with Crippen LogP contribution in [0.2, 0.25) is 0 Å². The highest BCUT2D eigenvalue weighted by Gasteiger charge is 2.27. The van der Waals surface area contributed by atoms with Crippen molar-refractivity contribution in [3.8, 4) is 11.5 Å². The molecule has 0 atom stereocenters. The van der Waals surface area contributed by atoms with Gasteiger partial charge in [-0.05, 0) is 36.4 Å². The number of carbonyl (C=O) groups is 2. The minimum absolute atomic E-state index is 0.00535. The molecule has 1 N–H and O–H groups in total. The third-order valence-electron chi connectivity index (χ3n) is 4.76. The summed E-state index contributed by atoms with van der Waals surface area (Å²) in [6.07, 6.45) is 1.82. The molecule has 2 aromatic rings. The van der Waals surface area contributed by atoms with E-state index in [4.69, 9.17) is 9.47 Å². The predicted octanol–water partition coefficient (Wildman–Crippen LogP) is 2.90. The molecule has 26 heavy (non-hydrogen) atoms. The molecule has 1 aromatic heterocycles. The Hall–Kier alpha value is -2.54. The van der Waals surface area contributed by atoms with Crippen molar-refractivity contribution in [1.29, 1.82) is 0 Å². The number of fused-ring (bicyclic) bond motifs is 1. The lowest BCUT2D eigenvalue weighted by atomic mass is 9.95. The number of ether oxygens (including phenoxy) is 2. The molecule has 2 amide bonds. The van der Waals surface area contributed by atoms with Crippen LogP contribution in [0.4, 0.5) is 5.69 Å². The SMILES string of the molecule is O=C(Nc1ccc2c(c1)OCO2)C1CCN(C(=O)Cc2cccs2)CC1. The number of nitrogens with zero attached hydrogens (tertiary/aromatic N) is 1. The summed E-state index contributed by atoms with van der Waals surface area (Å²) in [7, 11) is 0. The van der Waals surface area contributed by atoms with Gasteiger partial charge in [0.05, 0.1) is 6.42 Å². The van der Waals surface area contributed by atoms with Gasteiger partial charge < -0.3 is 19.7 Å². The number of piperidine rings is 1. The van der Waals surface area contributed by atoms with Crippen LogP contribution in [0.1, 0.15) is 17.7 Å². The zero-order chi connectivity index (χ0) is 17.9. The molecular weight excluding hydrogens is 352 g/mol. The van der Waals surface area contributed by atoms with Crippen LogP contribution in [0, 0.1) is 5.92 Å². The van der Waals surface area contributed by atoms with E-state index in [0.717, 1.165) is 4.88 Å². The number of anilines is 1. The highest BCUT2D eigenvalue weighted by Crippen LogP contribution is 2.34. The molecule has 0 unspecified atom stereocenters. The second kappa shape index (κ2) is 7.37. The van der Waals surface area contributed by atoms with Gasteiger partial charge in [0.25, 0.3) is 0 Å². The molecule has 6 nitrogen and oxygen atoms in total. The summed E-state index contributed by atoms with van der Waals surface area (Å²) >= 11 is 1.60. The van der Waals surface area contributed by atoms with Gasteiger partial charge in [0.1, 0.15) is 0 Å². The van der Waals surface area contributed by atoms with Crippen LogP contribution in [-0.4, -0.2) is 36.6 Å². The summed E-state index contributed by atoms with van der Waals surface area (Å²) in [5.74, 6) is 1.40. The van der Waals surface area contributed by atoms with Crippen molar-refractivity contribution in [2.75, 3.05) is 25.2 Å². The van der Waals surface area contributed by atoms with E-state index in [0.29, 0.717) is 49.5 Å². The summed E-state index contributed by atoms with van der Waals surface area (Å²) in [4.78, 5) is 27.8. The minimum atomic E-state index is -0.0776. The molecular formula is C19H20N2O4S. The van der Waals surface area contributed by atoms with E-state index < -0.39 is 0 Å². The first-order chi connectivity index (χ1) is 12.7. The fourth-order valence-electron chi connectivity index (χ4n) is 3.28. The largest absolute Gasteiger partial charge is 0.454 e. The maximum atomic E-state index is 12.5. The van der Waals surface area contributed by atoms with Gasteiger partial charge in [-0.1, -0.05) is 6.07 Å². The van der Waals surface area contributed by atoms with Gasteiger partial charge in [0.15, 0.2) is 11.5 Å². The molecule has 0 radical (unpaired) electrons. The lowest BCUT2D eigenvalue weighted by Crippen LogP contribution is -2.42. The number of hydrogen-bond acceptors (Lipinski definition) is 5. The zero-order valence-corrected chi connectivity index (χ0v) is 15.1. The van der Waals surface area contributed by atoms with Gasteiger partial charge >= 0.3 is 0 Å². The van der Waals surface area contributed by atoms with E-state index in [1.807, 2.05) is 28.5 Å². The first-order valence-electron chi connectivity index (χ1n) is 8.70. The first kappa shape index (κ1) is 16.9. The molecule has 2 aliphatic rings. The highest BCUT2D eigenvalue weighted by atomic mass is 32.1. The van der Waals surface area contributed by atoms with Crippen molar-refractivity contribution in [1.82, 2.24) is 4.90 Å². The lowest BCUT2D eigenvalue weighted by Gasteiger charge is -2.31. The normalized spacial score (nSPS) is 16.5. The minimum Gasteiger partial charge on any atom is -0.454 e. The molecule has 0 spiro atoms. The fraction of sp³-hybridized carbons (Fsp3) is 0.368. The summed E-state index contributed by atoms with van der Waals surface area (Å²) in [5.41, 5.74) is 0.704. The monoisotopic (exact) mass is 372 g/mol. The van der Waals surface area contributed by atoms with Crippen molar-refractivity contribution in [2.45, 2.75) is 19.3 Å². The van der Waals surface area contributed by atoms with E-state index in [1.165, 1.54) is 0 Å². The van der Waals surface area contributed by atoms with Crippen molar-refractivity contribution >= 4 is 28.8 Å². The molecule has 7 heteroatoms. The van der Waals surface area contributed by atoms with Gasteiger partial charge in [-0.15, -0.1) is 11.3 Å². The topological polar surface area (TPSA) is 67.9 Å². The summed E-state index contributed by atoms with van der Waals surface area (Å²) in [6, 6.07) is 9.32. The van der Waals surface area contributed by atoms with Gasteiger partial charge in [0.2, 0.25) is 18.6 Å². The number of benzene rings is 1. The maximum Gasteiger partial charge on any atom is 0.231 e. The van der Waals surface area contributed by atoms with Crippen LogP contribution in [0.5, 0.6) is 11.5 Å². The predicted molar refractivity (Wildman–Crippen MR) is 98.5 cm³/mol. The van der Waals surface area contributed by atoms with Crippen molar-refractivity contribution in [3.63, 3.8) is 0 Å². The Kier molecular flexibility index (Phi) is 4.79. The third-order valence-corrected chi connectivity index (χ3v) is 5.64. The molecule has 136 valence electrons. The Morgan fingerprint density at radius 1 is 1.15 bits per heavy atom. The van der Waals surface area contributed by atoms with Crippen LogP contribution in [-0.2, 0) is 16.0 Å². The Balaban J connectivity index is 1.28. The van der Waals surface area contributed by atoms with E-state index in [1.54, 1.807) is 23.5 Å². The van der Waals surface area contributed by atoms with E-state index >= 15 is 0 Å². The molecule has 1 saturated heterocycles. The van der Waals surface area contributed by atoms with E-state index in [-0.39, 0.29) is 24.5 Å². The summed E-state index contributed by atoms with van der Waals surface area (Å²) in [5, 5.41) is 4.93. The second-order valence-corrected chi connectivity index (χ2v) is 7.50. The molecule has 1 fully saturated rings. The molecule has 1 aromatic carbocycles. The molecule has 0 aliphatic carbocycles. The number of rotatable bonds is 4. The fourth-order valence-corrected chi connectivity index (χ4v) is 3.98. The number of carbonyl (C=O) groups excluding carboxylic acids is 2. The molecule has 0 saturated carbocycles. The Bertz CT molecular complexity index is 798. The Morgan fingerprint density at radius 2 is 1.96 bits per heavy atom. The lowest BCUT2D eigenvalue weighted by molar-refractivity contribution is -0.133. The average Bonchev–Trinajstić information content (AvgIpc) is 3.33. The Morgan fingerprint density at radius 3 is 2.73 bits per heavy atom. The summed E-state index contributed by atoms with van der Waals surface area (Å²) in [6.45, 7) is 1.47. The molecule has 0 bridgehead atoms. The molecule has 4 rings (SSSR count).